The van der Waals surface area contributed by atoms with Crippen molar-refractivity contribution in [3.05, 3.63) is 37.9 Å². The number of carbonyl (C=O) groups is 1. The summed E-state index contributed by atoms with van der Waals surface area (Å²) in [6.07, 6.45) is -1.20. The number of hydrogen-bond donors (Lipinski definition) is 3. The molecule has 11 nitrogen and oxygen atoms in total. The van der Waals surface area contributed by atoms with Crippen molar-refractivity contribution in [1.82, 2.24) is 5.32 Å². The Morgan fingerprint density at radius 2 is 1.96 bits per heavy atom. The van der Waals surface area contributed by atoms with Crippen LogP contribution in [0.15, 0.2) is 12.1 Å². The van der Waals surface area contributed by atoms with Crippen molar-refractivity contribution in [3.8, 4) is 0 Å². The molecule has 1 saturated heterocycles. The van der Waals surface area contributed by atoms with Crippen LogP contribution in [-0.2, 0) is 0 Å². The molecule has 1 aliphatic rings. The van der Waals surface area contributed by atoms with Crippen molar-refractivity contribution in [1.29, 1.82) is 0 Å². The summed E-state index contributed by atoms with van der Waals surface area (Å²) in [5.41, 5.74) is -1.30. The Labute approximate surface area is 129 Å². The second-order valence-electron chi connectivity index (χ2n) is 4.91. The van der Waals surface area contributed by atoms with Crippen LogP contribution in [0.1, 0.15) is 10.4 Å². The average molecular weight is 326 g/mol. The van der Waals surface area contributed by atoms with Gasteiger partial charge in [-0.3, -0.25) is 25.0 Å². The zero-order valence-corrected chi connectivity index (χ0v) is 11.8. The predicted molar refractivity (Wildman–Crippen MR) is 77.4 cm³/mol. The highest BCUT2D eigenvalue weighted by molar-refractivity contribution is 6.03. The van der Waals surface area contributed by atoms with Crippen molar-refractivity contribution in [2.75, 3.05) is 31.1 Å². The fourth-order valence-corrected chi connectivity index (χ4v) is 2.00. The number of non-ortho nitro benzene ring substituents is 1. The third kappa shape index (κ3) is 3.70. The molecule has 1 aromatic carbocycles. The van der Waals surface area contributed by atoms with Gasteiger partial charge in [-0.1, -0.05) is 0 Å². The zero-order chi connectivity index (χ0) is 17.1. The van der Waals surface area contributed by atoms with E-state index in [9.17, 15) is 30.1 Å². The van der Waals surface area contributed by atoms with E-state index < -0.39 is 39.8 Å². The van der Waals surface area contributed by atoms with Crippen LogP contribution in [0.5, 0.6) is 0 Å². The Morgan fingerprint density at radius 1 is 1.30 bits per heavy atom. The van der Waals surface area contributed by atoms with E-state index in [0.29, 0.717) is 13.1 Å². The van der Waals surface area contributed by atoms with Crippen molar-refractivity contribution in [2.24, 2.45) is 0 Å². The third-order valence-corrected chi connectivity index (χ3v) is 3.20. The maximum Gasteiger partial charge on any atom is 0.300 e. The second kappa shape index (κ2) is 6.54. The van der Waals surface area contributed by atoms with Gasteiger partial charge in [0.1, 0.15) is 5.69 Å². The topological polar surface area (TPSA) is 159 Å². The molecule has 1 aromatic rings. The van der Waals surface area contributed by atoms with Crippen molar-refractivity contribution < 1.29 is 24.9 Å². The van der Waals surface area contributed by atoms with E-state index >= 15 is 0 Å². The average Bonchev–Trinajstić information content (AvgIpc) is 3.35. The Hall–Kier alpha value is -2.79. The normalized spacial score (nSPS) is 14.3. The number of anilines is 1. The van der Waals surface area contributed by atoms with E-state index in [0.717, 1.165) is 12.1 Å². The number of benzene rings is 1. The summed E-state index contributed by atoms with van der Waals surface area (Å²) in [6, 6.07) is 1.77. The number of rotatable bonds is 7. The first kappa shape index (κ1) is 16.6. The molecule has 1 fully saturated rings. The van der Waals surface area contributed by atoms with Gasteiger partial charge in [0.05, 0.1) is 34.2 Å². The molecule has 1 aliphatic heterocycles. The fraction of sp³-hybridized carbons (Fsp3) is 0.417. The lowest BCUT2D eigenvalue weighted by atomic mass is 10.1. The van der Waals surface area contributed by atoms with Gasteiger partial charge < -0.3 is 20.4 Å². The summed E-state index contributed by atoms with van der Waals surface area (Å²) in [5.74, 6) is -0.800. The van der Waals surface area contributed by atoms with Gasteiger partial charge in [0.2, 0.25) is 0 Å². The van der Waals surface area contributed by atoms with Gasteiger partial charge in [-0.15, -0.1) is 0 Å². The Balaban J connectivity index is 2.44. The molecule has 23 heavy (non-hydrogen) atoms. The third-order valence-electron chi connectivity index (χ3n) is 3.20. The number of nitrogens with zero attached hydrogens (tertiary/aromatic N) is 3. The van der Waals surface area contributed by atoms with Gasteiger partial charge in [-0.05, 0) is 0 Å². The molecular formula is C12H14N4O7. The molecule has 2 rings (SSSR count). The molecule has 1 heterocycles. The van der Waals surface area contributed by atoms with Crippen LogP contribution in [0.2, 0.25) is 0 Å². The van der Waals surface area contributed by atoms with Gasteiger partial charge in [0, 0.05) is 25.7 Å². The van der Waals surface area contributed by atoms with E-state index in [4.69, 9.17) is 5.11 Å². The van der Waals surface area contributed by atoms with Crippen molar-refractivity contribution >= 4 is 23.0 Å². The SMILES string of the molecule is O=C(NCC(O)CO)c1cc([N+](=O)[O-])cc([N+](=O)[O-])c1N1CC1. The smallest absolute Gasteiger partial charge is 0.300 e. The molecule has 11 heteroatoms. The van der Waals surface area contributed by atoms with E-state index in [2.05, 4.69) is 5.32 Å². The number of aliphatic hydroxyl groups is 2. The lowest BCUT2D eigenvalue weighted by Gasteiger charge is -2.13. The van der Waals surface area contributed by atoms with Crippen molar-refractivity contribution in [2.45, 2.75) is 6.10 Å². The molecule has 0 saturated carbocycles. The van der Waals surface area contributed by atoms with E-state index in [1.54, 1.807) is 4.90 Å². The van der Waals surface area contributed by atoms with Crippen LogP contribution in [0.25, 0.3) is 0 Å². The highest BCUT2D eigenvalue weighted by atomic mass is 16.6. The first-order valence-electron chi connectivity index (χ1n) is 6.64. The first-order valence-corrected chi connectivity index (χ1v) is 6.64. The number of nitrogens with one attached hydrogen (secondary N) is 1. The molecule has 3 N–H and O–H groups in total. The minimum Gasteiger partial charge on any atom is -0.394 e. The summed E-state index contributed by atoms with van der Waals surface area (Å²) >= 11 is 0. The molecule has 0 spiro atoms. The minimum atomic E-state index is -1.20. The number of carbonyl (C=O) groups excluding carboxylic acids is 1. The lowest BCUT2D eigenvalue weighted by Crippen LogP contribution is -2.34. The summed E-state index contributed by atoms with van der Waals surface area (Å²) in [4.78, 5) is 34.2. The highest BCUT2D eigenvalue weighted by Crippen LogP contribution is 2.38. The molecule has 1 atom stereocenters. The van der Waals surface area contributed by atoms with Gasteiger partial charge in [-0.2, -0.15) is 0 Å². The Bertz CT molecular complexity index is 659. The fourth-order valence-electron chi connectivity index (χ4n) is 2.00. The van der Waals surface area contributed by atoms with Gasteiger partial charge in [0.25, 0.3) is 17.3 Å². The molecule has 0 bridgehead atoms. The molecule has 1 unspecified atom stereocenters. The van der Waals surface area contributed by atoms with Crippen LogP contribution in [-0.4, -0.2) is 58.3 Å². The number of nitro groups is 2. The number of nitro benzene ring substituents is 2. The molecule has 0 aliphatic carbocycles. The molecular weight excluding hydrogens is 312 g/mol. The van der Waals surface area contributed by atoms with E-state index in [-0.39, 0.29) is 17.8 Å². The van der Waals surface area contributed by atoms with Gasteiger partial charge >= 0.3 is 0 Å². The van der Waals surface area contributed by atoms with E-state index in [1.165, 1.54) is 0 Å². The summed E-state index contributed by atoms with van der Waals surface area (Å²) in [6.45, 7) is 0.135. The summed E-state index contributed by atoms with van der Waals surface area (Å²) in [5, 5.41) is 42.3. The van der Waals surface area contributed by atoms with Crippen LogP contribution in [0, 0.1) is 20.2 Å². The van der Waals surface area contributed by atoms with Crippen LogP contribution in [0.4, 0.5) is 17.1 Å². The van der Waals surface area contributed by atoms with Crippen molar-refractivity contribution in [3.63, 3.8) is 0 Å². The van der Waals surface area contributed by atoms with Gasteiger partial charge in [0.15, 0.2) is 0 Å². The minimum absolute atomic E-state index is 0.0107. The number of hydrogen-bond acceptors (Lipinski definition) is 8. The summed E-state index contributed by atoms with van der Waals surface area (Å²) < 4.78 is 0. The number of amides is 1. The van der Waals surface area contributed by atoms with Crippen LogP contribution in [0.3, 0.4) is 0 Å². The van der Waals surface area contributed by atoms with Gasteiger partial charge in [-0.25, -0.2) is 0 Å². The molecule has 124 valence electrons. The Kier molecular flexibility index (Phi) is 4.71. The standard InChI is InChI=1S/C12H14N4O7/c17-6-8(18)5-13-12(19)9-3-7(15(20)21)4-10(16(22)23)11(9)14-1-2-14/h3-4,8,17-18H,1-2,5-6H2,(H,13,19). The lowest BCUT2D eigenvalue weighted by molar-refractivity contribution is -0.393. The largest absolute Gasteiger partial charge is 0.394 e. The molecule has 0 radical (unpaired) electrons. The monoisotopic (exact) mass is 326 g/mol. The predicted octanol–water partition coefficient (Wildman–Crippen LogP) is -0.594. The second-order valence-corrected chi connectivity index (χ2v) is 4.91. The van der Waals surface area contributed by atoms with E-state index in [1.807, 2.05) is 0 Å². The first-order chi connectivity index (χ1) is 10.8. The maximum atomic E-state index is 12.2. The zero-order valence-electron chi connectivity index (χ0n) is 11.8. The summed E-state index contributed by atoms with van der Waals surface area (Å²) in [7, 11) is 0. The number of aliphatic hydroxyl groups excluding tert-OH is 2. The quantitative estimate of drug-likeness (QED) is 0.340. The highest BCUT2D eigenvalue weighted by Gasteiger charge is 2.34. The Morgan fingerprint density at radius 3 is 2.43 bits per heavy atom. The van der Waals surface area contributed by atoms with Crippen LogP contribution >= 0.6 is 0 Å². The van der Waals surface area contributed by atoms with Crippen LogP contribution < -0.4 is 10.2 Å². The molecule has 1 amide bonds. The maximum absolute atomic E-state index is 12.2. The molecule has 0 aromatic heterocycles.